The van der Waals surface area contributed by atoms with Crippen molar-refractivity contribution in [3.63, 3.8) is 0 Å². The monoisotopic (exact) mass is 709 g/mol. The fourth-order valence-corrected chi connectivity index (χ4v) is 9.51. The van der Waals surface area contributed by atoms with Crippen LogP contribution in [0.1, 0.15) is 69.0 Å². The lowest BCUT2D eigenvalue weighted by molar-refractivity contribution is -0.160. The van der Waals surface area contributed by atoms with E-state index in [0.29, 0.717) is 24.5 Å². The Balaban J connectivity index is 1.26. The van der Waals surface area contributed by atoms with Crippen LogP contribution in [0.4, 0.5) is 11.5 Å². The fourth-order valence-electron chi connectivity index (χ4n) is 7.16. The molecule has 6 rings (SSSR count). The van der Waals surface area contributed by atoms with Crippen LogP contribution in [0.5, 0.6) is 0 Å². The largest absolute Gasteiger partial charge is 0.477 e. The molecule has 0 spiro atoms. The molecule has 3 N–H and O–H groups in total. The summed E-state index contributed by atoms with van der Waals surface area (Å²) in [6, 6.07) is 13.6. The van der Waals surface area contributed by atoms with E-state index < -0.39 is 52.2 Å². The van der Waals surface area contributed by atoms with Crippen LogP contribution in [0.15, 0.2) is 59.6 Å². The predicted molar refractivity (Wildman–Crippen MR) is 187 cm³/mol. The van der Waals surface area contributed by atoms with Crippen molar-refractivity contribution in [1.82, 2.24) is 9.29 Å². The molecule has 14 heteroatoms. The minimum atomic E-state index is -4.15. The number of thiophene rings is 1. The molecular weight excluding hydrogens is 667 g/mol. The average Bonchev–Trinajstić information content (AvgIpc) is 3.69. The molecule has 4 heterocycles. The van der Waals surface area contributed by atoms with E-state index in [1.807, 2.05) is 30.3 Å². The molecule has 3 aliphatic rings. The summed E-state index contributed by atoms with van der Waals surface area (Å²) in [4.78, 5) is 47.7. The van der Waals surface area contributed by atoms with Gasteiger partial charge in [-0.15, -0.1) is 11.3 Å². The van der Waals surface area contributed by atoms with Crippen molar-refractivity contribution in [3.05, 3.63) is 59.6 Å². The van der Waals surface area contributed by atoms with Gasteiger partial charge in [0.2, 0.25) is 15.9 Å². The molecule has 0 bridgehead atoms. The van der Waals surface area contributed by atoms with E-state index >= 15 is 0 Å². The van der Waals surface area contributed by atoms with E-state index in [2.05, 4.69) is 4.98 Å². The van der Waals surface area contributed by atoms with Crippen molar-refractivity contribution >= 4 is 50.7 Å². The maximum absolute atomic E-state index is 14.1. The minimum Gasteiger partial charge on any atom is -0.477 e. The number of ether oxygens (including phenoxy) is 1. The van der Waals surface area contributed by atoms with Crippen LogP contribution in [0, 0.1) is 11.8 Å². The lowest BCUT2D eigenvalue weighted by Crippen LogP contribution is -2.60. The Hall–Kier alpha value is -3.85. The first kappa shape index (κ1) is 35.0. The van der Waals surface area contributed by atoms with E-state index in [9.17, 15) is 27.9 Å². The van der Waals surface area contributed by atoms with Crippen LogP contribution in [0.25, 0.3) is 10.4 Å². The highest BCUT2D eigenvalue weighted by Crippen LogP contribution is 2.42. The topological polar surface area (TPSA) is 163 Å². The molecule has 3 fully saturated rings. The lowest BCUT2D eigenvalue weighted by atomic mass is 9.82. The van der Waals surface area contributed by atoms with Crippen LogP contribution in [0.2, 0.25) is 0 Å². The van der Waals surface area contributed by atoms with Gasteiger partial charge in [0.1, 0.15) is 21.2 Å². The summed E-state index contributed by atoms with van der Waals surface area (Å²) in [6.45, 7) is 5.45. The van der Waals surface area contributed by atoms with Gasteiger partial charge in [-0.3, -0.25) is 9.59 Å². The number of carbonyl (C=O) groups is 3. The summed E-state index contributed by atoms with van der Waals surface area (Å²) in [7, 11) is -4.15. The van der Waals surface area contributed by atoms with E-state index in [0.717, 1.165) is 53.9 Å². The molecular formula is C35H43N5O7S2. The third kappa shape index (κ3) is 7.23. The molecule has 2 aliphatic heterocycles. The van der Waals surface area contributed by atoms with Gasteiger partial charge in [0.25, 0.3) is 0 Å². The summed E-state index contributed by atoms with van der Waals surface area (Å²) in [5.74, 6) is -2.08. The highest BCUT2D eigenvalue weighted by Gasteiger charge is 2.45. The zero-order chi connectivity index (χ0) is 35.1. The number of carbonyl (C=O) groups excluding carboxylic acids is 2. The third-order valence-corrected chi connectivity index (χ3v) is 12.5. The van der Waals surface area contributed by atoms with Gasteiger partial charge in [-0.2, -0.15) is 4.31 Å². The van der Waals surface area contributed by atoms with Crippen LogP contribution in [-0.2, 0) is 24.3 Å². The van der Waals surface area contributed by atoms with Gasteiger partial charge in [-0.1, -0.05) is 49.6 Å². The molecule has 2 aromatic heterocycles. The summed E-state index contributed by atoms with van der Waals surface area (Å²) in [5, 5.41) is 10.2. The van der Waals surface area contributed by atoms with E-state index in [4.69, 9.17) is 10.5 Å². The van der Waals surface area contributed by atoms with Gasteiger partial charge in [0.15, 0.2) is 0 Å². The number of aromatic nitrogens is 1. The van der Waals surface area contributed by atoms with E-state index in [-0.39, 0.29) is 28.2 Å². The molecule has 1 amide bonds. The quantitative estimate of drug-likeness (QED) is 0.306. The number of pyridine rings is 1. The summed E-state index contributed by atoms with van der Waals surface area (Å²) in [6.07, 6.45) is 5.67. The highest BCUT2D eigenvalue weighted by atomic mass is 32.2. The number of nitrogens with two attached hydrogens (primary N) is 1. The number of sulfonamides is 1. The van der Waals surface area contributed by atoms with Crippen LogP contribution in [0.3, 0.4) is 0 Å². The molecule has 1 unspecified atom stereocenters. The molecule has 12 nitrogen and oxygen atoms in total. The summed E-state index contributed by atoms with van der Waals surface area (Å²) in [5.41, 5.74) is 6.93. The van der Waals surface area contributed by atoms with E-state index in [1.54, 1.807) is 42.7 Å². The number of hydrogen-bond acceptors (Lipinski definition) is 10. The van der Waals surface area contributed by atoms with Crippen molar-refractivity contribution in [2.24, 2.45) is 17.6 Å². The average molecular weight is 710 g/mol. The van der Waals surface area contributed by atoms with Gasteiger partial charge in [-0.25, -0.2) is 18.2 Å². The van der Waals surface area contributed by atoms with Gasteiger partial charge >= 0.3 is 11.9 Å². The molecule has 1 saturated carbocycles. The molecule has 3 atom stereocenters. The second-order valence-electron chi connectivity index (χ2n) is 14.0. The second-order valence-corrected chi connectivity index (χ2v) is 17.0. The number of anilines is 2. The fraction of sp³-hybridized carbons (Fsp3) is 0.486. The standard InChI is InChI=1S/C35H43N5O7S2/c1-35(2,3)47-34(44)25-16-17-39(32(25)36)29-15-14-24(19-37-29)49(45,46)38-20-27(22-10-6-4-7-11-22)40(30(41)21-38)26-18-28(48-31(26)33(42)43)23-12-8-5-9-13-23/h5,8-9,12-15,18-19,22,25,27,32H,4,6-7,10-11,16-17,20-21,36H2,1-3H3,(H,42,43)/t25?,27-,32+/m0/s1. The van der Waals surface area contributed by atoms with Crippen molar-refractivity contribution < 1.29 is 32.6 Å². The number of carboxylic acid groups (broad SMARTS) is 1. The van der Waals surface area contributed by atoms with Gasteiger partial charge in [-0.05, 0) is 69.7 Å². The Morgan fingerprint density at radius 3 is 2.39 bits per heavy atom. The molecule has 0 radical (unpaired) electrons. The lowest BCUT2D eigenvalue weighted by Gasteiger charge is -2.44. The number of nitrogens with zero attached hydrogens (tertiary/aromatic N) is 4. The first-order valence-corrected chi connectivity index (χ1v) is 19.0. The molecule has 2 saturated heterocycles. The second kappa shape index (κ2) is 13.8. The number of hydrogen-bond donors (Lipinski definition) is 2. The number of benzene rings is 1. The summed E-state index contributed by atoms with van der Waals surface area (Å²) >= 11 is 1.11. The Morgan fingerprint density at radius 2 is 1.76 bits per heavy atom. The molecule has 1 aromatic carbocycles. The van der Waals surface area contributed by atoms with Gasteiger partial charge in [0.05, 0.1) is 30.4 Å². The van der Waals surface area contributed by atoms with Crippen LogP contribution in [-0.4, -0.2) is 78.1 Å². The van der Waals surface area contributed by atoms with Crippen molar-refractivity contribution in [2.45, 2.75) is 82.0 Å². The Kier molecular flexibility index (Phi) is 9.86. The number of carboxylic acids is 1. The number of esters is 1. The van der Waals surface area contributed by atoms with Crippen LogP contribution < -0.4 is 15.5 Å². The first-order chi connectivity index (χ1) is 23.2. The molecule has 3 aromatic rings. The smallest absolute Gasteiger partial charge is 0.348 e. The number of aromatic carboxylic acids is 1. The molecule has 262 valence electrons. The predicted octanol–water partition coefficient (Wildman–Crippen LogP) is 4.95. The zero-order valence-electron chi connectivity index (χ0n) is 27.9. The van der Waals surface area contributed by atoms with Crippen molar-refractivity contribution in [3.8, 4) is 10.4 Å². The molecule has 49 heavy (non-hydrogen) atoms. The number of rotatable bonds is 8. The van der Waals surface area contributed by atoms with E-state index in [1.165, 1.54) is 16.6 Å². The Morgan fingerprint density at radius 1 is 1.04 bits per heavy atom. The number of amides is 1. The maximum Gasteiger partial charge on any atom is 0.348 e. The van der Waals surface area contributed by atoms with Crippen molar-refractivity contribution in [1.29, 1.82) is 0 Å². The zero-order valence-corrected chi connectivity index (χ0v) is 29.6. The van der Waals surface area contributed by atoms with Crippen molar-refractivity contribution in [2.75, 3.05) is 29.4 Å². The normalized spacial score (nSPS) is 22.8. The Labute approximate surface area is 290 Å². The molecule has 1 aliphatic carbocycles. The van der Waals surface area contributed by atoms with Gasteiger partial charge < -0.3 is 25.4 Å². The minimum absolute atomic E-state index is 0.00694. The Bertz CT molecular complexity index is 1800. The first-order valence-electron chi connectivity index (χ1n) is 16.7. The summed E-state index contributed by atoms with van der Waals surface area (Å²) < 4.78 is 34.9. The highest BCUT2D eigenvalue weighted by molar-refractivity contribution is 7.89. The maximum atomic E-state index is 14.1. The third-order valence-electron chi connectivity index (χ3n) is 9.54. The van der Waals surface area contributed by atoms with Crippen LogP contribution >= 0.6 is 11.3 Å². The number of piperazine rings is 1. The SMILES string of the molecule is CC(C)(C)OC(=O)C1CCN(c2ccc(S(=O)(=O)N3CC(=O)N(c4cc(-c5ccccc5)sc4C(=O)O)[C@H](C4CCCCC4)C3)cn2)[C@H]1N. The van der Waals surface area contributed by atoms with Gasteiger partial charge in [0, 0.05) is 24.2 Å².